The first-order valence-electron chi connectivity index (χ1n) is 12.3. The molecule has 0 radical (unpaired) electrons. The van der Waals surface area contributed by atoms with Crippen LogP contribution >= 0.6 is 11.6 Å². The number of carbonyl (C=O) groups is 1. The van der Waals surface area contributed by atoms with Gasteiger partial charge in [0.1, 0.15) is 17.7 Å². The number of hydrogen-bond donors (Lipinski definition) is 1. The van der Waals surface area contributed by atoms with Crippen molar-refractivity contribution in [3.05, 3.63) is 82.3 Å². The van der Waals surface area contributed by atoms with Crippen molar-refractivity contribution in [2.45, 2.75) is 32.9 Å². The van der Waals surface area contributed by atoms with Gasteiger partial charge < -0.3 is 19.1 Å². The first-order chi connectivity index (χ1) is 17.5. The SMILES string of the molecule is Cc1c(C(=O)N2CCC[C@H](COc3ccc(CN(C)Cc4ccon4)cc3)C2)[nH]c2ccc(Cl)cc12. The van der Waals surface area contributed by atoms with Gasteiger partial charge in [-0.3, -0.25) is 9.69 Å². The maximum atomic E-state index is 13.3. The Morgan fingerprint density at radius 3 is 2.83 bits per heavy atom. The molecule has 0 unspecified atom stereocenters. The minimum absolute atomic E-state index is 0.0450. The van der Waals surface area contributed by atoms with E-state index in [-0.39, 0.29) is 5.91 Å². The van der Waals surface area contributed by atoms with E-state index < -0.39 is 0 Å². The van der Waals surface area contributed by atoms with Crippen LogP contribution in [0.5, 0.6) is 5.75 Å². The summed E-state index contributed by atoms with van der Waals surface area (Å²) >= 11 is 6.16. The molecule has 0 aliphatic carbocycles. The van der Waals surface area contributed by atoms with Crippen molar-refractivity contribution >= 4 is 28.4 Å². The summed E-state index contributed by atoms with van der Waals surface area (Å²) in [4.78, 5) is 20.8. The maximum Gasteiger partial charge on any atom is 0.270 e. The molecular weight excluding hydrogens is 476 g/mol. The van der Waals surface area contributed by atoms with Gasteiger partial charge in [-0.05, 0) is 68.3 Å². The molecule has 1 aliphatic rings. The van der Waals surface area contributed by atoms with Crippen molar-refractivity contribution in [1.29, 1.82) is 0 Å². The van der Waals surface area contributed by atoms with Crippen molar-refractivity contribution in [1.82, 2.24) is 19.9 Å². The molecule has 1 aliphatic heterocycles. The van der Waals surface area contributed by atoms with Gasteiger partial charge in [-0.2, -0.15) is 0 Å². The predicted molar refractivity (Wildman–Crippen MR) is 140 cm³/mol. The van der Waals surface area contributed by atoms with Crippen LogP contribution in [0.15, 0.2) is 59.3 Å². The van der Waals surface area contributed by atoms with E-state index in [4.69, 9.17) is 20.9 Å². The number of H-pyrrole nitrogens is 1. The Bertz CT molecular complexity index is 1320. The maximum absolute atomic E-state index is 13.3. The number of fused-ring (bicyclic) bond motifs is 1. The lowest BCUT2D eigenvalue weighted by atomic mass is 9.98. The van der Waals surface area contributed by atoms with Crippen molar-refractivity contribution in [2.75, 3.05) is 26.7 Å². The summed E-state index contributed by atoms with van der Waals surface area (Å²) < 4.78 is 11.0. The van der Waals surface area contributed by atoms with Gasteiger partial charge in [-0.15, -0.1) is 0 Å². The van der Waals surface area contributed by atoms with E-state index in [0.29, 0.717) is 29.8 Å². The van der Waals surface area contributed by atoms with Gasteiger partial charge in [-0.25, -0.2) is 0 Å². The third kappa shape index (κ3) is 5.58. The second-order valence-electron chi connectivity index (χ2n) is 9.69. The molecule has 1 atom stereocenters. The van der Waals surface area contributed by atoms with Crippen molar-refractivity contribution in [2.24, 2.45) is 5.92 Å². The van der Waals surface area contributed by atoms with Crippen LogP contribution in [0.2, 0.25) is 5.02 Å². The summed E-state index contributed by atoms with van der Waals surface area (Å²) in [6.07, 6.45) is 3.62. The monoisotopic (exact) mass is 506 g/mol. The van der Waals surface area contributed by atoms with Gasteiger partial charge in [0.2, 0.25) is 0 Å². The minimum atomic E-state index is 0.0450. The van der Waals surface area contributed by atoms with Crippen molar-refractivity contribution < 1.29 is 14.1 Å². The van der Waals surface area contributed by atoms with E-state index in [1.165, 1.54) is 5.56 Å². The van der Waals surface area contributed by atoms with Gasteiger partial charge in [0.25, 0.3) is 5.91 Å². The van der Waals surface area contributed by atoms with Crippen LogP contribution < -0.4 is 4.74 Å². The molecule has 0 spiro atoms. The number of amides is 1. The number of aryl methyl sites for hydroxylation is 1. The van der Waals surface area contributed by atoms with Crippen LogP contribution in [-0.4, -0.2) is 52.6 Å². The highest BCUT2D eigenvalue weighted by atomic mass is 35.5. The van der Waals surface area contributed by atoms with Gasteiger partial charge >= 0.3 is 0 Å². The number of halogens is 1. The lowest BCUT2D eigenvalue weighted by Gasteiger charge is -2.32. The lowest BCUT2D eigenvalue weighted by molar-refractivity contribution is 0.0628. The molecule has 4 aromatic rings. The average Bonchev–Trinajstić information content (AvgIpc) is 3.51. The highest BCUT2D eigenvalue weighted by molar-refractivity contribution is 6.31. The molecule has 0 saturated carbocycles. The third-order valence-electron chi connectivity index (χ3n) is 6.83. The molecule has 0 bridgehead atoms. The van der Waals surface area contributed by atoms with Crippen LogP contribution in [0.4, 0.5) is 0 Å². The Morgan fingerprint density at radius 1 is 1.22 bits per heavy atom. The molecule has 188 valence electrons. The molecule has 1 fully saturated rings. The topological polar surface area (TPSA) is 74.6 Å². The fourth-order valence-electron chi connectivity index (χ4n) is 4.92. The summed E-state index contributed by atoms with van der Waals surface area (Å²) in [6.45, 7) is 5.57. The number of aromatic nitrogens is 2. The molecular formula is C28H31ClN4O3. The predicted octanol–water partition coefficient (Wildman–Crippen LogP) is 5.68. The quantitative estimate of drug-likeness (QED) is 0.333. The zero-order chi connectivity index (χ0) is 25.1. The lowest BCUT2D eigenvalue weighted by Crippen LogP contribution is -2.42. The summed E-state index contributed by atoms with van der Waals surface area (Å²) in [7, 11) is 2.06. The number of carbonyl (C=O) groups excluding carboxylic acids is 1. The van der Waals surface area contributed by atoms with Crippen LogP contribution in [0, 0.1) is 12.8 Å². The zero-order valence-electron chi connectivity index (χ0n) is 20.7. The summed E-state index contributed by atoms with van der Waals surface area (Å²) in [5.41, 5.74) is 4.66. The molecule has 5 rings (SSSR count). The van der Waals surface area contributed by atoms with E-state index in [2.05, 4.69) is 34.2 Å². The van der Waals surface area contributed by atoms with E-state index >= 15 is 0 Å². The molecule has 2 aromatic carbocycles. The zero-order valence-corrected chi connectivity index (χ0v) is 21.4. The summed E-state index contributed by atoms with van der Waals surface area (Å²) in [5, 5.41) is 5.63. The van der Waals surface area contributed by atoms with E-state index in [1.807, 2.05) is 48.2 Å². The van der Waals surface area contributed by atoms with Crippen molar-refractivity contribution in [3.8, 4) is 5.75 Å². The number of piperidine rings is 1. The molecule has 8 heteroatoms. The summed E-state index contributed by atoms with van der Waals surface area (Å²) in [6, 6.07) is 15.8. The Labute approximate surface area is 216 Å². The largest absolute Gasteiger partial charge is 0.493 e. The van der Waals surface area contributed by atoms with Gasteiger partial charge in [0, 0.05) is 54.1 Å². The second-order valence-corrected chi connectivity index (χ2v) is 10.1. The minimum Gasteiger partial charge on any atom is -0.493 e. The highest BCUT2D eigenvalue weighted by Crippen LogP contribution is 2.27. The summed E-state index contributed by atoms with van der Waals surface area (Å²) in [5.74, 6) is 1.20. The smallest absolute Gasteiger partial charge is 0.270 e. The molecule has 7 nitrogen and oxygen atoms in total. The van der Waals surface area contributed by atoms with Crippen LogP contribution in [-0.2, 0) is 13.1 Å². The van der Waals surface area contributed by atoms with Crippen LogP contribution in [0.25, 0.3) is 10.9 Å². The average molecular weight is 507 g/mol. The molecule has 2 aromatic heterocycles. The fourth-order valence-corrected chi connectivity index (χ4v) is 5.10. The molecule has 36 heavy (non-hydrogen) atoms. The van der Waals surface area contributed by atoms with Crippen molar-refractivity contribution in [3.63, 3.8) is 0 Å². The number of nitrogens with zero attached hydrogens (tertiary/aromatic N) is 3. The van der Waals surface area contributed by atoms with E-state index in [0.717, 1.165) is 60.4 Å². The van der Waals surface area contributed by atoms with Crippen LogP contribution in [0.3, 0.4) is 0 Å². The second kappa shape index (κ2) is 10.8. The number of ether oxygens (including phenoxy) is 1. The number of benzene rings is 2. The normalized spacial score (nSPS) is 16.1. The Morgan fingerprint density at radius 2 is 2.06 bits per heavy atom. The first-order valence-corrected chi connectivity index (χ1v) is 12.7. The fraction of sp³-hybridized carbons (Fsp3) is 0.357. The van der Waals surface area contributed by atoms with Gasteiger partial charge in [0.15, 0.2) is 0 Å². The van der Waals surface area contributed by atoms with E-state index in [9.17, 15) is 4.79 Å². The first kappa shape index (κ1) is 24.4. The molecule has 1 N–H and O–H groups in total. The number of aromatic amines is 1. The number of hydrogen-bond acceptors (Lipinski definition) is 5. The Hall–Kier alpha value is -3.29. The van der Waals surface area contributed by atoms with Gasteiger partial charge in [-0.1, -0.05) is 28.9 Å². The number of nitrogens with one attached hydrogen (secondary N) is 1. The molecule has 1 saturated heterocycles. The number of rotatable bonds is 8. The van der Waals surface area contributed by atoms with E-state index in [1.54, 1.807) is 6.26 Å². The van der Waals surface area contributed by atoms with Gasteiger partial charge in [0.05, 0.1) is 12.3 Å². The van der Waals surface area contributed by atoms with Crippen LogP contribution in [0.1, 0.15) is 40.2 Å². The molecule has 1 amide bonds. The number of likely N-dealkylation sites (tertiary alicyclic amines) is 1. The third-order valence-corrected chi connectivity index (χ3v) is 7.06. The molecule has 3 heterocycles. The Balaban J connectivity index is 1.14. The standard InChI is InChI=1S/C28H31ClN4O3/c1-19-25-14-22(29)7-10-26(25)30-27(19)28(34)33-12-3-4-21(16-33)18-35-24-8-5-20(6-9-24)15-32(2)17-23-11-13-36-31-23/h5-11,13-14,21,30H,3-4,12,15-18H2,1-2H3/t21-/m0/s1. The highest BCUT2D eigenvalue weighted by Gasteiger charge is 2.27. The Kier molecular flexibility index (Phi) is 7.30.